The van der Waals surface area contributed by atoms with Crippen LogP contribution < -0.4 is 10.6 Å². The number of anilines is 1. The van der Waals surface area contributed by atoms with Crippen LogP contribution in [0.5, 0.6) is 0 Å². The van der Waals surface area contributed by atoms with E-state index < -0.39 is 5.60 Å². The minimum atomic E-state index is -0.554. The molecular formula is C22H26N2O2S. The fourth-order valence-electron chi connectivity index (χ4n) is 6.05. The van der Waals surface area contributed by atoms with Gasteiger partial charge in [-0.05, 0) is 80.0 Å². The third-order valence-electron chi connectivity index (χ3n) is 6.58. The molecule has 142 valence electrons. The molecule has 6 rings (SSSR count). The Bertz CT molecular complexity index is 834. The summed E-state index contributed by atoms with van der Waals surface area (Å²) in [5.74, 6) is 1.12. The molecule has 2 aromatic rings. The van der Waals surface area contributed by atoms with Gasteiger partial charge in [0, 0.05) is 28.2 Å². The predicted octanol–water partition coefficient (Wildman–Crippen LogP) is 4.17. The molecule has 1 heterocycles. The van der Waals surface area contributed by atoms with Gasteiger partial charge >= 0.3 is 0 Å². The third kappa shape index (κ3) is 3.39. The average Bonchev–Trinajstić information content (AvgIpc) is 3.11. The van der Waals surface area contributed by atoms with E-state index in [9.17, 15) is 9.90 Å². The quantitative estimate of drug-likeness (QED) is 0.727. The molecule has 4 bridgehead atoms. The Labute approximate surface area is 164 Å². The van der Waals surface area contributed by atoms with E-state index in [0.29, 0.717) is 17.4 Å². The van der Waals surface area contributed by atoms with Crippen LogP contribution in [0.15, 0.2) is 41.8 Å². The molecular weight excluding hydrogens is 356 g/mol. The van der Waals surface area contributed by atoms with Crippen LogP contribution in [0.1, 0.15) is 53.8 Å². The fraction of sp³-hybridized carbons (Fsp3) is 0.500. The largest absolute Gasteiger partial charge is 0.390 e. The minimum Gasteiger partial charge on any atom is -0.390 e. The van der Waals surface area contributed by atoms with E-state index in [-0.39, 0.29) is 11.4 Å². The number of carbonyl (C=O) groups is 1. The van der Waals surface area contributed by atoms with Crippen LogP contribution in [0.3, 0.4) is 0 Å². The van der Waals surface area contributed by atoms with Crippen LogP contribution in [0.2, 0.25) is 0 Å². The Morgan fingerprint density at radius 1 is 1.15 bits per heavy atom. The van der Waals surface area contributed by atoms with Crippen molar-refractivity contribution < 1.29 is 9.90 Å². The van der Waals surface area contributed by atoms with E-state index in [1.807, 2.05) is 30.3 Å². The molecule has 4 fully saturated rings. The van der Waals surface area contributed by atoms with E-state index in [2.05, 4.69) is 22.1 Å². The number of amides is 1. The molecule has 3 N–H and O–H groups in total. The monoisotopic (exact) mass is 382 g/mol. The zero-order valence-corrected chi connectivity index (χ0v) is 16.2. The van der Waals surface area contributed by atoms with Crippen molar-refractivity contribution in [3.8, 4) is 0 Å². The molecule has 4 aliphatic rings. The first-order chi connectivity index (χ1) is 13.0. The number of hydrogen-bond donors (Lipinski definition) is 3. The standard InChI is InChI=1S/C22H26N2O2S/c25-20(17-3-1-4-18(8-17)23-13-19-5-2-6-27-19)24-21-9-15-7-16(10-21)12-22(26,11-15)14-21/h1-6,8,15-16,23,26H,7,9-14H2,(H,24,25). The van der Waals surface area contributed by atoms with Gasteiger partial charge in [0.25, 0.3) is 5.91 Å². The highest BCUT2D eigenvalue weighted by molar-refractivity contribution is 7.09. The van der Waals surface area contributed by atoms with Gasteiger partial charge in [-0.1, -0.05) is 12.1 Å². The highest BCUT2D eigenvalue weighted by atomic mass is 32.1. The zero-order valence-electron chi connectivity index (χ0n) is 15.4. The lowest BCUT2D eigenvalue weighted by molar-refractivity contribution is -0.139. The molecule has 27 heavy (non-hydrogen) atoms. The number of hydrogen-bond acceptors (Lipinski definition) is 4. The Balaban J connectivity index is 1.29. The summed E-state index contributed by atoms with van der Waals surface area (Å²) in [6.45, 7) is 0.767. The van der Waals surface area contributed by atoms with E-state index >= 15 is 0 Å². The number of rotatable bonds is 5. The number of nitrogens with one attached hydrogen (secondary N) is 2. The van der Waals surface area contributed by atoms with Crippen molar-refractivity contribution in [2.75, 3.05) is 5.32 Å². The molecule has 0 aliphatic heterocycles. The average molecular weight is 383 g/mol. The first kappa shape index (κ1) is 17.3. The number of thiophene rings is 1. The maximum Gasteiger partial charge on any atom is 0.251 e. The number of benzene rings is 1. The lowest BCUT2D eigenvalue weighted by Gasteiger charge is -2.60. The number of aliphatic hydroxyl groups is 1. The van der Waals surface area contributed by atoms with Crippen molar-refractivity contribution in [3.05, 3.63) is 52.2 Å². The normalized spacial score (nSPS) is 33.8. The van der Waals surface area contributed by atoms with E-state index in [1.54, 1.807) is 11.3 Å². The summed E-state index contributed by atoms with van der Waals surface area (Å²) < 4.78 is 0. The SMILES string of the molecule is O=C(NC12CC3CC(CC(O)(C3)C1)C2)c1cccc(NCc2cccs2)c1. The highest BCUT2D eigenvalue weighted by Gasteiger charge is 2.57. The molecule has 2 unspecified atom stereocenters. The molecule has 1 aromatic heterocycles. The topological polar surface area (TPSA) is 61.4 Å². The minimum absolute atomic E-state index is 0.0136. The first-order valence-electron chi connectivity index (χ1n) is 9.92. The predicted molar refractivity (Wildman–Crippen MR) is 108 cm³/mol. The van der Waals surface area contributed by atoms with Gasteiger partial charge < -0.3 is 15.7 Å². The Hall–Kier alpha value is -1.85. The van der Waals surface area contributed by atoms with Crippen LogP contribution in [-0.4, -0.2) is 22.2 Å². The van der Waals surface area contributed by atoms with Crippen LogP contribution in [0, 0.1) is 11.8 Å². The Kier molecular flexibility index (Phi) is 4.06. The van der Waals surface area contributed by atoms with Crippen molar-refractivity contribution in [2.45, 2.75) is 56.2 Å². The summed E-state index contributed by atoms with van der Waals surface area (Å²) in [6, 6.07) is 11.9. The molecule has 2 atom stereocenters. The second-order valence-corrected chi connectivity index (χ2v) is 9.97. The summed E-state index contributed by atoms with van der Waals surface area (Å²) in [5, 5.41) is 19.7. The molecule has 4 nitrogen and oxygen atoms in total. The van der Waals surface area contributed by atoms with Gasteiger partial charge in [0.05, 0.1) is 5.60 Å². The van der Waals surface area contributed by atoms with E-state index in [0.717, 1.165) is 44.3 Å². The molecule has 0 saturated heterocycles. The summed E-state index contributed by atoms with van der Waals surface area (Å²) in [5.41, 5.74) is 0.881. The third-order valence-corrected chi connectivity index (χ3v) is 7.46. The molecule has 0 spiro atoms. The maximum absolute atomic E-state index is 13.0. The van der Waals surface area contributed by atoms with Crippen LogP contribution in [0.25, 0.3) is 0 Å². The van der Waals surface area contributed by atoms with Gasteiger partial charge in [-0.2, -0.15) is 0 Å². The summed E-state index contributed by atoms with van der Waals surface area (Å²) in [4.78, 5) is 14.3. The second kappa shape index (κ2) is 6.35. The summed E-state index contributed by atoms with van der Waals surface area (Å²) in [6.07, 6.45) is 5.82. The summed E-state index contributed by atoms with van der Waals surface area (Å²) >= 11 is 1.72. The molecule has 1 amide bonds. The maximum atomic E-state index is 13.0. The van der Waals surface area contributed by atoms with Gasteiger partial charge in [-0.15, -0.1) is 11.3 Å². The Morgan fingerprint density at radius 3 is 2.67 bits per heavy atom. The van der Waals surface area contributed by atoms with Gasteiger partial charge in [0.1, 0.15) is 0 Å². The molecule has 4 saturated carbocycles. The Morgan fingerprint density at radius 2 is 1.96 bits per heavy atom. The van der Waals surface area contributed by atoms with E-state index in [4.69, 9.17) is 0 Å². The first-order valence-corrected chi connectivity index (χ1v) is 10.8. The molecule has 1 aromatic carbocycles. The highest BCUT2D eigenvalue weighted by Crippen LogP contribution is 2.57. The van der Waals surface area contributed by atoms with E-state index in [1.165, 1.54) is 11.3 Å². The van der Waals surface area contributed by atoms with Gasteiger partial charge in [0.15, 0.2) is 0 Å². The second-order valence-electron chi connectivity index (χ2n) is 8.93. The van der Waals surface area contributed by atoms with Crippen molar-refractivity contribution in [2.24, 2.45) is 11.8 Å². The zero-order chi connectivity index (χ0) is 18.5. The summed E-state index contributed by atoms with van der Waals surface area (Å²) in [7, 11) is 0. The lowest BCUT2D eigenvalue weighted by Crippen LogP contribution is -2.65. The van der Waals surface area contributed by atoms with Crippen molar-refractivity contribution in [3.63, 3.8) is 0 Å². The molecule has 0 radical (unpaired) electrons. The fourth-order valence-corrected chi connectivity index (χ4v) is 6.69. The molecule has 4 aliphatic carbocycles. The van der Waals surface area contributed by atoms with Crippen LogP contribution in [0.4, 0.5) is 5.69 Å². The number of carbonyl (C=O) groups excluding carboxylic acids is 1. The lowest BCUT2D eigenvalue weighted by atomic mass is 9.51. The van der Waals surface area contributed by atoms with Crippen LogP contribution in [-0.2, 0) is 6.54 Å². The molecule has 5 heteroatoms. The van der Waals surface area contributed by atoms with Crippen molar-refractivity contribution >= 4 is 22.9 Å². The van der Waals surface area contributed by atoms with Crippen LogP contribution >= 0.6 is 11.3 Å². The van der Waals surface area contributed by atoms with Gasteiger partial charge in [-0.25, -0.2) is 0 Å². The van der Waals surface area contributed by atoms with Crippen molar-refractivity contribution in [1.82, 2.24) is 5.32 Å². The van der Waals surface area contributed by atoms with Gasteiger partial charge in [-0.3, -0.25) is 4.79 Å². The van der Waals surface area contributed by atoms with Gasteiger partial charge in [0.2, 0.25) is 0 Å². The smallest absolute Gasteiger partial charge is 0.251 e. The van der Waals surface area contributed by atoms with Crippen molar-refractivity contribution in [1.29, 1.82) is 0 Å².